The molecular formula is C26H33N3O2. The quantitative estimate of drug-likeness (QED) is 0.681. The molecule has 3 atom stereocenters. The van der Waals surface area contributed by atoms with Crippen LogP contribution in [0.3, 0.4) is 0 Å². The number of rotatable bonds is 8. The highest BCUT2D eigenvalue weighted by Gasteiger charge is 2.34. The predicted octanol–water partition coefficient (Wildman–Crippen LogP) is 3.95. The molecule has 164 valence electrons. The van der Waals surface area contributed by atoms with E-state index < -0.39 is 0 Å². The highest BCUT2D eigenvalue weighted by molar-refractivity contribution is 6.22. The van der Waals surface area contributed by atoms with E-state index in [4.69, 9.17) is 5.41 Å². The standard InChI is InChI=1S/C26H33N3O2/c1-2-24(30)23-18-20(17-19-9-4-3-5-10-19)13-16-28(23)14-8-15-29-25(27)21-11-6-7-12-22(21)26(29)31/h3-7,9-12,20,23-24,27,30H,2,8,13-18H2,1H3/t20-,23-,24+/m1/s1. The van der Waals surface area contributed by atoms with E-state index in [-0.39, 0.29) is 18.1 Å². The summed E-state index contributed by atoms with van der Waals surface area (Å²) in [6.45, 7) is 4.41. The highest BCUT2D eigenvalue weighted by atomic mass is 16.3. The maximum Gasteiger partial charge on any atom is 0.260 e. The summed E-state index contributed by atoms with van der Waals surface area (Å²) < 4.78 is 0. The van der Waals surface area contributed by atoms with Crippen molar-refractivity contribution in [1.82, 2.24) is 9.80 Å². The molecular weight excluding hydrogens is 386 g/mol. The van der Waals surface area contributed by atoms with Gasteiger partial charge in [0.1, 0.15) is 5.84 Å². The van der Waals surface area contributed by atoms with Crippen molar-refractivity contribution in [3.05, 3.63) is 71.3 Å². The number of aliphatic hydroxyl groups excluding tert-OH is 1. The molecule has 2 aromatic rings. The van der Waals surface area contributed by atoms with Gasteiger partial charge in [0.25, 0.3) is 5.91 Å². The molecule has 2 N–H and O–H groups in total. The van der Waals surface area contributed by atoms with Gasteiger partial charge >= 0.3 is 0 Å². The largest absolute Gasteiger partial charge is 0.392 e. The fourth-order valence-electron chi connectivity index (χ4n) is 5.12. The van der Waals surface area contributed by atoms with Crippen LogP contribution in [-0.2, 0) is 6.42 Å². The molecule has 0 saturated carbocycles. The number of likely N-dealkylation sites (tertiary alicyclic amines) is 1. The molecule has 1 amide bonds. The maximum atomic E-state index is 12.7. The Hall–Kier alpha value is -2.50. The molecule has 2 aromatic carbocycles. The van der Waals surface area contributed by atoms with E-state index in [0.717, 1.165) is 50.8 Å². The van der Waals surface area contributed by atoms with Crippen molar-refractivity contribution in [3.8, 4) is 0 Å². The number of carbonyl (C=O) groups excluding carboxylic acids is 1. The summed E-state index contributed by atoms with van der Waals surface area (Å²) in [6.07, 6.45) is 4.44. The number of carbonyl (C=O) groups is 1. The Bertz CT molecular complexity index is 879. The number of nitrogens with zero attached hydrogens (tertiary/aromatic N) is 2. The minimum atomic E-state index is -0.324. The van der Waals surface area contributed by atoms with Gasteiger partial charge in [-0.25, -0.2) is 0 Å². The average Bonchev–Trinajstić information content (AvgIpc) is 3.05. The maximum absolute atomic E-state index is 12.7. The Morgan fingerprint density at radius 2 is 1.77 bits per heavy atom. The van der Waals surface area contributed by atoms with Crippen LogP contribution in [0.5, 0.6) is 0 Å². The monoisotopic (exact) mass is 419 g/mol. The van der Waals surface area contributed by atoms with Crippen molar-refractivity contribution >= 4 is 11.7 Å². The summed E-state index contributed by atoms with van der Waals surface area (Å²) in [5.41, 5.74) is 2.73. The number of piperidine rings is 1. The fraction of sp³-hybridized carbons (Fsp3) is 0.462. The van der Waals surface area contributed by atoms with Gasteiger partial charge in [0.15, 0.2) is 0 Å². The molecule has 0 spiro atoms. The van der Waals surface area contributed by atoms with E-state index in [2.05, 4.69) is 35.2 Å². The normalized spacial score (nSPS) is 22.6. The molecule has 1 saturated heterocycles. The first-order chi connectivity index (χ1) is 15.1. The minimum Gasteiger partial charge on any atom is -0.392 e. The predicted molar refractivity (Wildman–Crippen MR) is 123 cm³/mol. The lowest BCUT2D eigenvalue weighted by Crippen LogP contribution is -2.50. The molecule has 1 fully saturated rings. The first-order valence-electron chi connectivity index (χ1n) is 11.5. The molecule has 0 radical (unpaired) electrons. The second kappa shape index (κ2) is 9.75. The number of fused-ring (bicyclic) bond motifs is 1. The zero-order valence-electron chi connectivity index (χ0n) is 18.3. The number of hydrogen-bond donors (Lipinski definition) is 2. The summed E-state index contributed by atoms with van der Waals surface area (Å²) in [5, 5.41) is 19.1. The summed E-state index contributed by atoms with van der Waals surface area (Å²) in [7, 11) is 0. The van der Waals surface area contributed by atoms with Gasteiger partial charge in [-0.05, 0) is 56.2 Å². The molecule has 2 aliphatic heterocycles. The fourth-order valence-corrected chi connectivity index (χ4v) is 5.12. The molecule has 2 aliphatic rings. The smallest absolute Gasteiger partial charge is 0.260 e. The lowest BCUT2D eigenvalue weighted by Gasteiger charge is -2.42. The molecule has 4 rings (SSSR count). The summed E-state index contributed by atoms with van der Waals surface area (Å²) in [5.74, 6) is 0.840. The van der Waals surface area contributed by atoms with Crippen molar-refractivity contribution in [3.63, 3.8) is 0 Å². The Balaban J connectivity index is 1.33. The second-order valence-electron chi connectivity index (χ2n) is 8.86. The minimum absolute atomic E-state index is 0.0627. The van der Waals surface area contributed by atoms with Crippen LogP contribution in [0.15, 0.2) is 54.6 Å². The van der Waals surface area contributed by atoms with Crippen LogP contribution >= 0.6 is 0 Å². The van der Waals surface area contributed by atoms with Crippen molar-refractivity contribution in [2.75, 3.05) is 19.6 Å². The van der Waals surface area contributed by atoms with Crippen LogP contribution in [0.4, 0.5) is 0 Å². The summed E-state index contributed by atoms with van der Waals surface area (Å²) >= 11 is 0. The topological polar surface area (TPSA) is 67.6 Å². The van der Waals surface area contributed by atoms with Gasteiger partial charge in [-0.3, -0.25) is 20.0 Å². The molecule has 2 heterocycles. The van der Waals surface area contributed by atoms with E-state index in [1.807, 2.05) is 25.1 Å². The first kappa shape index (κ1) is 21.7. The number of amides is 1. The summed E-state index contributed by atoms with van der Waals surface area (Å²) in [4.78, 5) is 16.7. The van der Waals surface area contributed by atoms with Crippen LogP contribution in [0.1, 0.15) is 54.1 Å². The van der Waals surface area contributed by atoms with Gasteiger partial charge in [-0.2, -0.15) is 0 Å². The Morgan fingerprint density at radius 3 is 2.48 bits per heavy atom. The van der Waals surface area contributed by atoms with Gasteiger partial charge in [-0.1, -0.05) is 55.5 Å². The molecule has 0 aliphatic carbocycles. The van der Waals surface area contributed by atoms with Gasteiger partial charge < -0.3 is 5.11 Å². The Labute approximate surface area is 185 Å². The number of nitrogens with one attached hydrogen (secondary N) is 1. The first-order valence-corrected chi connectivity index (χ1v) is 11.5. The number of amidine groups is 1. The van der Waals surface area contributed by atoms with E-state index in [1.165, 1.54) is 5.56 Å². The summed E-state index contributed by atoms with van der Waals surface area (Å²) in [6, 6.07) is 18.2. The third-order valence-electron chi connectivity index (χ3n) is 6.85. The average molecular weight is 420 g/mol. The van der Waals surface area contributed by atoms with Gasteiger partial charge in [0.05, 0.1) is 11.7 Å². The van der Waals surface area contributed by atoms with Crippen molar-refractivity contribution < 1.29 is 9.90 Å². The van der Waals surface area contributed by atoms with Crippen LogP contribution in [0.25, 0.3) is 0 Å². The number of benzene rings is 2. The van der Waals surface area contributed by atoms with Crippen LogP contribution in [0, 0.1) is 11.3 Å². The van der Waals surface area contributed by atoms with Crippen LogP contribution in [-0.4, -0.2) is 58.4 Å². The third-order valence-corrected chi connectivity index (χ3v) is 6.85. The SMILES string of the molecule is CC[C@H](O)[C@H]1C[C@@H](Cc2ccccc2)CCN1CCCN1C(=N)c2ccccc2C1=O. The lowest BCUT2D eigenvalue weighted by molar-refractivity contribution is 0.00615. The number of hydrogen-bond acceptors (Lipinski definition) is 4. The van der Waals surface area contributed by atoms with Gasteiger partial charge in [-0.15, -0.1) is 0 Å². The van der Waals surface area contributed by atoms with Crippen molar-refractivity contribution in [2.45, 2.75) is 51.2 Å². The Kier molecular flexibility index (Phi) is 6.83. The highest BCUT2D eigenvalue weighted by Crippen LogP contribution is 2.29. The van der Waals surface area contributed by atoms with Gasteiger partial charge in [0, 0.05) is 24.7 Å². The Morgan fingerprint density at radius 1 is 1.06 bits per heavy atom. The molecule has 0 bridgehead atoms. The molecule has 0 unspecified atom stereocenters. The number of aliphatic hydroxyl groups is 1. The van der Waals surface area contributed by atoms with E-state index in [9.17, 15) is 9.90 Å². The van der Waals surface area contributed by atoms with E-state index in [1.54, 1.807) is 11.0 Å². The molecule has 31 heavy (non-hydrogen) atoms. The zero-order chi connectivity index (χ0) is 21.8. The van der Waals surface area contributed by atoms with E-state index in [0.29, 0.717) is 23.9 Å². The van der Waals surface area contributed by atoms with Gasteiger partial charge in [0.2, 0.25) is 0 Å². The molecule has 0 aromatic heterocycles. The van der Waals surface area contributed by atoms with Crippen molar-refractivity contribution in [1.29, 1.82) is 5.41 Å². The molecule has 5 nitrogen and oxygen atoms in total. The third kappa shape index (κ3) is 4.73. The molecule has 5 heteroatoms. The van der Waals surface area contributed by atoms with Crippen LogP contribution < -0.4 is 0 Å². The van der Waals surface area contributed by atoms with Crippen molar-refractivity contribution in [2.24, 2.45) is 5.92 Å². The second-order valence-corrected chi connectivity index (χ2v) is 8.86. The lowest BCUT2D eigenvalue weighted by atomic mass is 9.83. The van der Waals surface area contributed by atoms with E-state index >= 15 is 0 Å². The zero-order valence-corrected chi connectivity index (χ0v) is 18.3. The van der Waals surface area contributed by atoms with Crippen LogP contribution in [0.2, 0.25) is 0 Å².